The van der Waals surface area contributed by atoms with Gasteiger partial charge in [-0.3, -0.25) is 4.79 Å². The normalized spacial score (nSPS) is 28.3. The van der Waals surface area contributed by atoms with Crippen molar-refractivity contribution in [2.75, 3.05) is 13.7 Å². The summed E-state index contributed by atoms with van der Waals surface area (Å²) in [7, 11) is 2.39. The van der Waals surface area contributed by atoms with Crippen LogP contribution in [0.5, 0.6) is 0 Å². The van der Waals surface area contributed by atoms with Gasteiger partial charge in [0.25, 0.3) is 0 Å². The fraction of sp³-hybridized carbons (Fsp3) is 0.536. The number of carbonyl (C=O) groups excluding carboxylic acids is 1. The molecule has 2 bridgehead atoms. The molecule has 32 heavy (non-hydrogen) atoms. The van der Waals surface area contributed by atoms with E-state index in [1.165, 1.54) is 24.0 Å². The molecule has 0 aliphatic carbocycles. The van der Waals surface area contributed by atoms with Crippen LogP contribution in [0.1, 0.15) is 69.1 Å². The minimum atomic E-state index is -0.599. The van der Waals surface area contributed by atoms with Gasteiger partial charge in [-0.15, -0.1) is 0 Å². The number of nitrogens with zero attached hydrogens (tertiary/aromatic N) is 1. The molecule has 2 heterocycles. The Balaban J connectivity index is 1.41. The Bertz CT molecular complexity index is 902. The molecular weight excluding hydrogens is 398 g/mol. The van der Waals surface area contributed by atoms with Crippen molar-refractivity contribution in [3.8, 4) is 0 Å². The van der Waals surface area contributed by atoms with Crippen LogP contribution in [0, 0.1) is 0 Å². The number of hydrogen-bond donors (Lipinski definition) is 1. The molecule has 2 aromatic carbocycles. The summed E-state index contributed by atoms with van der Waals surface area (Å²) in [5, 5.41) is 9.81. The van der Waals surface area contributed by atoms with Gasteiger partial charge in [-0.05, 0) is 16.5 Å². The van der Waals surface area contributed by atoms with E-state index in [1.807, 2.05) is 30.3 Å². The van der Waals surface area contributed by atoms with Gasteiger partial charge in [-0.25, -0.2) is 0 Å². The number of piperidine rings is 1. The average molecular weight is 437 g/mol. The summed E-state index contributed by atoms with van der Waals surface area (Å²) in [4.78, 5) is 12.9. The second-order valence-electron chi connectivity index (χ2n) is 11.0. The van der Waals surface area contributed by atoms with Crippen molar-refractivity contribution in [1.29, 1.82) is 0 Å². The lowest BCUT2D eigenvalue weighted by Gasteiger charge is -2.47. The number of esters is 1. The van der Waals surface area contributed by atoms with Gasteiger partial charge in [-0.1, -0.05) is 75.4 Å². The van der Waals surface area contributed by atoms with E-state index in [-0.39, 0.29) is 24.1 Å². The largest absolute Gasteiger partial charge is 0.461 e. The lowest BCUT2D eigenvalue weighted by molar-refractivity contribution is -0.961. The van der Waals surface area contributed by atoms with E-state index < -0.39 is 5.92 Å². The summed E-state index contributed by atoms with van der Waals surface area (Å²) in [5.41, 5.74) is 3.74. The Labute approximate surface area is 192 Å². The molecule has 1 N–H and O–H groups in total. The molecule has 0 saturated carbocycles. The van der Waals surface area contributed by atoms with Crippen molar-refractivity contribution in [3.63, 3.8) is 0 Å². The Morgan fingerprint density at radius 2 is 1.62 bits per heavy atom. The van der Waals surface area contributed by atoms with Crippen LogP contribution in [0.15, 0.2) is 54.6 Å². The molecule has 2 fully saturated rings. The SMILES string of the molecule is CC(C)(C)c1ccc(C[N+]2(C)[C@@H]3CC[C@H]2CC(OC(=O)C(CO)c2ccccc2)C3)cc1. The molecule has 0 radical (unpaired) electrons. The van der Waals surface area contributed by atoms with Crippen LogP contribution in [-0.4, -0.2) is 47.4 Å². The maximum absolute atomic E-state index is 12.9. The van der Waals surface area contributed by atoms with E-state index in [4.69, 9.17) is 4.74 Å². The molecule has 2 aromatic rings. The molecule has 0 aromatic heterocycles. The second kappa shape index (κ2) is 8.99. The maximum atomic E-state index is 12.9. The number of quaternary nitrogens is 1. The molecule has 5 atom stereocenters. The topological polar surface area (TPSA) is 46.5 Å². The lowest BCUT2D eigenvalue weighted by Crippen LogP contribution is -2.58. The first-order valence-corrected chi connectivity index (χ1v) is 12.0. The Kier molecular flexibility index (Phi) is 6.46. The number of aliphatic hydroxyl groups excluding tert-OH is 1. The third-order valence-corrected chi connectivity index (χ3v) is 7.87. The molecule has 4 heteroatoms. The molecule has 0 spiro atoms. The van der Waals surface area contributed by atoms with E-state index in [0.717, 1.165) is 29.4 Å². The predicted molar refractivity (Wildman–Crippen MR) is 127 cm³/mol. The number of benzene rings is 2. The Morgan fingerprint density at radius 1 is 1.03 bits per heavy atom. The number of carbonyl (C=O) groups is 1. The van der Waals surface area contributed by atoms with Gasteiger partial charge in [0, 0.05) is 31.2 Å². The van der Waals surface area contributed by atoms with Gasteiger partial charge in [0.05, 0.1) is 25.7 Å². The molecule has 0 amide bonds. The Hall–Kier alpha value is -2.17. The highest BCUT2D eigenvalue weighted by atomic mass is 16.5. The second-order valence-corrected chi connectivity index (χ2v) is 11.0. The number of rotatable bonds is 6. The first-order valence-electron chi connectivity index (χ1n) is 12.0. The third kappa shape index (κ3) is 4.62. The zero-order valence-corrected chi connectivity index (χ0v) is 20.0. The fourth-order valence-electron chi connectivity index (χ4n) is 5.80. The van der Waals surface area contributed by atoms with Crippen molar-refractivity contribution in [3.05, 3.63) is 71.3 Å². The molecule has 3 unspecified atom stereocenters. The summed E-state index contributed by atoms with van der Waals surface area (Å²) >= 11 is 0. The first-order chi connectivity index (χ1) is 15.2. The van der Waals surface area contributed by atoms with Crippen molar-refractivity contribution >= 4 is 5.97 Å². The quantitative estimate of drug-likeness (QED) is 0.515. The number of fused-ring (bicyclic) bond motifs is 2. The van der Waals surface area contributed by atoms with Gasteiger partial charge in [-0.2, -0.15) is 0 Å². The highest BCUT2D eigenvalue weighted by Gasteiger charge is 2.52. The monoisotopic (exact) mass is 436 g/mol. The number of hydrogen-bond acceptors (Lipinski definition) is 3. The summed E-state index contributed by atoms with van der Waals surface area (Å²) in [6, 6.07) is 19.6. The van der Waals surface area contributed by atoms with Crippen molar-refractivity contribution in [2.45, 2.75) is 82.5 Å². The zero-order chi connectivity index (χ0) is 22.9. The highest BCUT2D eigenvalue weighted by Crippen LogP contribution is 2.44. The van der Waals surface area contributed by atoms with Crippen LogP contribution in [0.3, 0.4) is 0 Å². The van der Waals surface area contributed by atoms with E-state index >= 15 is 0 Å². The molecule has 4 rings (SSSR count). The summed E-state index contributed by atoms with van der Waals surface area (Å²) in [5.74, 6) is -0.894. The van der Waals surface area contributed by atoms with Crippen LogP contribution < -0.4 is 0 Å². The highest BCUT2D eigenvalue weighted by molar-refractivity contribution is 5.78. The summed E-state index contributed by atoms with van der Waals surface area (Å²) in [6.45, 7) is 7.56. The third-order valence-electron chi connectivity index (χ3n) is 7.87. The van der Waals surface area contributed by atoms with Crippen LogP contribution in [-0.2, 0) is 21.5 Å². The van der Waals surface area contributed by atoms with Crippen LogP contribution >= 0.6 is 0 Å². The van der Waals surface area contributed by atoms with Gasteiger partial charge in [0.15, 0.2) is 0 Å². The van der Waals surface area contributed by atoms with E-state index in [0.29, 0.717) is 12.1 Å². The minimum Gasteiger partial charge on any atom is -0.461 e. The minimum absolute atomic E-state index is 0.0489. The predicted octanol–water partition coefficient (Wildman–Crippen LogP) is 4.94. The van der Waals surface area contributed by atoms with Crippen molar-refractivity contribution in [1.82, 2.24) is 0 Å². The lowest BCUT2D eigenvalue weighted by atomic mass is 9.86. The van der Waals surface area contributed by atoms with Crippen LogP contribution in [0.4, 0.5) is 0 Å². The standard InChI is InChI=1S/C28H38NO3/c1-28(2,3)22-12-10-20(11-13-22)18-29(4)23-14-15-24(29)17-25(16-23)32-27(31)26(19-30)21-8-6-5-7-9-21/h5-13,23-26,30H,14-19H2,1-4H3/q+1/t23-,24+,25?,26?,29?. The van der Waals surface area contributed by atoms with Crippen molar-refractivity contribution in [2.24, 2.45) is 0 Å². The van der Waals surface area contributed by atoms with Gasteiger partial charge < -0.3 is 14.3 Å². The number of aliphatic hydroxyl groups is 1. The molecule has 2 saturated heterocycles. The van der Waals surface area contributed by atoms with Gasteiger partial charge >= 0.3 is 5.97 Å². The smallest absolute Gasteiger partial charge is 0.316 e. The summed E-state index contributed by atoms with van der Waals surface area (Å²) < 4.78 is 7.01. The van der Waals surface area contributed by atoms with Gasteiger partial charge in [0.1, 0.15) is 18.6 Å². The van der Waals surface area contributed by atoms with E-state index in [9.17, 15) is 9.90 Å². The van der Waals surface area contributed by atoms with Crippen LogP contribution in [0.2, 0.25) is 0 Å². The van der Waals surface area contributed by atoms with Crippen LogP contribution in [0.25, 0.3) is 0 Å². The molecule has 2 aliphatic rings. The first kappa shape index (κ1) is 23.0. The number of ether oxygens (including phenoxy) is 1. The van der Waals surface area contributed by atoms with Gasteiger partial charge in [0.2, 0.25) is 0 Å². The summed E-state index contributed by atoms with van der Waals surface area (Å²) in [6.07, 6.45) is 4.15. The zero-order valence-electron chi connectivity index (χ0n) is 20.0. The maximum Gasteiger partial charge on any atom is 0.316 e. The van der Waals surface area contributed by atoms with E-state index in [1.54, 1.807) is 0 Å². The fourth-order valence-corrected chi connectivity index (χ4v) is 5.80. The average Bonchev–Trinajstić information content (AvgIpc) is 2.91. The molecular formula is C28H38NO3+. The van der Waals surface area contributed by atoms with E-state index in [2.05, 4.69) is 52.1 Å². The van der Waals surface area contributed by atoms with Crippen molar-refractivity contribution < 1.29 is 19.1 Å². The molecule has 172 valence electrons. The molecule has 4 nitrogen and oxygen atoms in total. The molecule has 2 aliphatic heterocycles. The Morgan fingerprint density at radius 3 is 2.16 bits per heavy atom.